The molecule has 1 fully saturated rings. The van der Waals surface area contributed by atoms with E-state index in [1.54, 1.807) is 16.4 Å². The fourth-order valence-electron chi connectivity index (χ4n) is 2.37. The van der Waals surface area contributed by atoms with Gasteiger partial charge in [0.15, 0.2) is 0 Å². The lowest BCUT2D eigenvalue weighted by Crippen LogP contribution is -2.41. The number of hydrogen-bond acceptors (Lipinski definition) is 3. The lowest BCUT2D eigenvalue weighted by Gasteiger charge is -2.24. The summed E-state index contributed by atoms with van der Waals surface area (Å²) >= 11 is 6.67. The summed E-state index contributed by atoms with van der Waals surface area (Å²) in [4.78, 5) is 0.312. The SMILES string of the molecule is CCN(CC1CCCN1)S(=O)(=O)c1cc(Br)ccc1Br. The van der Waals surface area contributed by atoms with Crippen molar-refractivity contribution in [2.24, 2.45) is 0 Å². The number of nitrogens with zero attached hydrogens (tertiary/aromatic N) is 1. The highest BCUT2D eigenvalue weighted by Gasteiger charge is 2.28. The molecule has 0 spiro atoms. The average molecular weight is 426 g/mol. The van der Waals surface area contributed by atoms with E-state index in [0.29, 0.717) is 22.5 Å². The topological polar surface area (TPSA) is 49.4 Å². The minimum atomic E-state index is -3.48. The molecule has 0 radical (unpaired) electrons. The van der Waals surface area contributed by atoms with Gasteiger partial charge in [-0.05, 0) is 53.5 Å². The molecule has 1 atom stereocenters. The molecule has 1 saturated heterocycles. The summed E-state index contributed by atoms with van der Waals surface area (Å²) in [6.45, 7) is 3.85. The van der Waals surface area contributed by atoms with Crippen molar-refractivity contribution in [1.29, 1.82) is 0 Å². The van der Waals surface area contributed by atoms with Gasteiger partial charge in [0.1, 0.15) is 0 Å². The van der Waals surface area contributed by atoms with Crippen LogP contribution in [-0.2, 0) is 10.0 Å². The number of likely N-dealkylation sites (N-methyl/N-ethyl adjacent to an activating group) is 1. The molecule has 1 aromatic rings. The monoisotopic (exact) mass is 424 g/mol. The Morgan fingerprint density at radius 2 is 2.15 bits per heavy atom. The zero-order chi connectivity index (χ0) is 14.8. The molecule has 1 aliphatic rings. The molecule has 1 heterocycles. The van der Waals surface area contributed by atoms with E-state index < -0.39 is 10.0 Å². The maximum absolute atomic E-state index is 12.8. The van der Waals surface area contributed by atoms with E-state index in [2.05, 4.69) is 37.2 Å². The minimum absolute atomic E-state index is 0.260. The molecule has 4 nitrogen and oxygen atoms in total. The van der Waals surface area contributed by atoms with Gasteiger partial charge < -0.3 is 5.32 Å². The zero-order valence-corrected chi connectivity index (χ0v) is 15.3. The van der Waals surface area contributed by atoms with Gasteiger partial charge in [-0.1, -0.05) is 22.9 Å². The third-order valence-electron chi connectivity index (χ3n) is 3.45. The molecule has 1 N–H and O–H groups in total. The van der Waals surface area contributed by atoms with Crippen molar-refractivity contribution in [2.75, 3.05) is 19.6 Å². The second kappa shape index (κ2) is 6.87. The molecular formula is C13H18Br2N2O2S. The Morgan fingerprint density at radius 3 is 2.75 bits per heavy atom. The van der Waals surface area contributed by atoms with E-state index in [9.17, 15) is 8.42 Å². The van der Waals surface area contributed by atoms with E-state index in [4.69, 9.17) is 0 Å². The molecule has 7 heteroatoms. The van der Waals surface area contributed by atoms with Crippen LogP contribution in [0.25, 0.3) is 0 Å². The Balaban J connectivity index is 2.28. The van der Waals surface area contributed by atoms with Gasteiger partial charge in [0, 0.05) is 28.1 Å². The first-order valence-electron chi connectivity index (χ1n) is 6.63. The first-order valence-corrected chi connectivity index (χ1v) is 9.66. The van der Waals surface area contributed by atoms with Gasteiger partial charge in [0.25, 0.3) is 0 Å². The Bertz CT molecular complexity index is 572. The predicted molar refractivity (Wildman–Crippen MR) is 87.3 cm³/mol. The van der Waals surface area contributed by atoms with Crippen LogP contribution in [0.15, 0.2) is 32.0 Å². The van der Waals surface area contributed by atoms with Gasteiger partial charge in [-0.25, -0.2) is 8.42 Å². The quantitative estimate of drug-likeness (QED) is 0.788. The summed E-state index contributed by atoms with van der Waals surface area (Å²) in [5, 5.41) is 3.34. The van der Waals surface area contributed by atoms with Gasteiger partial charge in [0.05, 0.1) is 4.90 Å². The largest absolute Gasteiger partial charge is 0.313 e. The van der Waals surface area contributed by atoms with E-state index in [0.717, 1.165) is 23.9 Å². The van der Waals surface area contributed by atoms with E-state index in [1.165, 1.54) is 0 Å². The third-order valence-corrected chi connectivity index (χ3v) is 6.88. The van der Waals surface area contributed by atoms with Crippen LogP contribution in [-0.4, -0.2) is 38.4 Å². The molecule has 0 aromatic heterocycles. The highest BCUT2D eigenvalue weighted by molar-refractivity contribution is 9.11. The Hall–Kier alpha value is 0.0500. The van der Waals surface area contributed by atoms with Crippen molar-refractivity contribution in [3.05, 3.63) is 27.1 Å². The molecule has 2 rings (SSSR count). The summed E-state index contributed by atoms with van der Waals surface area (Å²) in [6.07, 6.45) is 2.15. The van der Waals surface area contributed by atoms with Crippen molar-refractivity contribution in [3.8, 4) is 0 Å². The number of nitrogens with one attached hydrogen (secondary N) is 1. The van der Waals surface area contributed by atoms with Crippen molar-refractivity contribution in [1.82, 2.24) is 9.62 Å². The van der Waals surface area contributed by atoms with Gasteiger partial charge in [-0.2, -0.15) is 4.31 Å². The smallest absolute Gasteiger partial charge is 0.244 e. The number of hydrogen-bond donors (Lipinski definition) is 1. The minimum Gasteiger partial charge on any atom is -0.313 e. The second-order valence-electron chi connectivity index (χ2n) is 4.82. The highest BCUT2D eigenvalue weighted by atomic mass is 79.9. The number of rotatable bonds is 5. The summed E-state index contributed by atoms with van der Waals surface area (Å²) in [7, 11) is -3.48. The zero-order valence-electron chi connectivity index (χ0n) is 11.3. The van der Waals surface area contributed by atoms with Crippen molar-refractivity contribution >= 4 is 41.9 Å². The Labute approximate surface area is 137 Å². The molecule has 112 valence electrons. The molecule has 1 unspecified atom stereocenters. The lowest BCUT2D eigenvalue weighted by atomic mass is 10.2. The molecule has 0 amide bonds. The lowest BCUT2D eigenvalue weighted by molar-refractivity contribution is 0.382. The molecule has 0 saturated carbocycles. The van der Waals surface area contributed by atoms with Crippen molar-refractivity contribution < 1.29 is 8.42 Å². The van der Waals surface area contributed by atoms with Crippen LogP contribution in [0.5, 0.6) is 0 Å². The van der Waals surface area contributed by atoms with E-state index in [-0.39, 0.29) is 6.04 Å². The molecule has 1 aromatic carbocycles. The number of halogens is 2. The van der Waals surface area contributed by atoms with Gasteiger partial charge >= 0.3 is 0 Å². The molecular weight excluding hydrogens is 408 g/mol. The van der Waals surface area contributed by atoms with Gasteiger partial charge in [-0.15, -0.1) is 0 Å². The first-order chi connectivity index (χ1) is 9.45. The predicted octanol–water partition coefficient (Wildman–Crippen LogP) is 2.97. The van der Waals surface area contributed by atoms with E-state index >= 15 is 0 Å². The van der Waals surface area contributed by atoms with E-state index in [1.807, 2.05) is 13.0 Å². The molecule has 1 aliphatic heterocycles. The average Bonchev–Trinajstić information content (AvgIpc) is 2.91. The molecule has 20 heavy (non-hydrogen) atoms. The molecule has 0 bridgehead atoms. The number of benzene rings is 1. The standard InChI is InChI=1S/C13H18Br2N2O2S/c1-2-17(9-11-4-3-7-16-11)20(18,19)13-8-10(14)5-6-12(13)15/h5-6,8,11,16H,2-4,7,9H2,1H3. The van der Waals surface area contributed by atoms with Gasteiger partial charge in [-0.3, -0.25) is 0 Å². The normalized spacial score (nSPS) is 19.7. The second-order valence-corrected chi connectivity index (χ2v) is 8.50. The fourth-order valence-corrected chi connectivity index (χ4v) is 5.33. The fraction of sp³-hybridized carbons (Fsp3) is 0.538. The Morgan fingerprint density at radius 1 is 1.40 bits per heavy atom. The van der Waals surface area contributed by atoms with Crippen LogP contribution in [0.3, 0.4) is 0 Å². The molecule has 0 aliphatic carbocycles. The summed E-state index contributed by atoms with van der Waals surface area (Å²) in [5.41, 5.74) is 0. The summed E-state index contributed by atoms with van der Waals surface area (Å²) < 4.78 is 28.4. The maximum atomic E-state index is 12.8. The Kier molecular flexibility index (Phi) is 5.64. The van der Waals surface area contributed by atoms with Crippen LogP contribution in [0, 0.1) is 0 Å². The highest BCUT2D eigenvalue weighted by Crippen LogP contribution is 2.28. The summed E-state index contributed by atoms with van der Waals surface area (Å²) in [6, 6.07) is 5.47. The summed E-state index contributed by atoms with van der Waals surface area (Å²) in [5.74, 6) is 0. The number of sulfonamides is 1. The van der Waals surface area contributed by atoms with Crippen molar-refractivity contribution in [3.63, 3.8) is 0 Å². The first kappa shape index (κ1) is 16.4. The van der Waals surface area contributed by atoms with Crippen molar-refractivity contribution in [2.45, 2.75) is 30.7 Å². The van der Waals surface area contributed by atoms with Crippen LogP contribution >= 0.6 is 31.9 Å². The van der Waals surface area contributed by atoms with Crippen LogP contribution in [0.1, 0.15) is 19.8 Å². The maximum Gasteiger partial charge on any atom is 0.244 e. The van der Waals surface area contributed by atoms with Crippen LogP contribution < -0.4 is 5.32 Å². The van der Waals surface area contributed by atoms with Crippen LogP contribution in [0.2, 0.25) is 0 Å². The van der Waals surface area contributed by atoms with Crippen LogP contribution in [0.4, 0.5) is 0 Å². The third kappa shape index (κ3) is 3.62. The van der Waals surface area contributed by atoms with Gasteiger partial charge in [0.2, 0.25) is 10.0 Å².